The Hall–Kier alpha value is -2.36. The molecule has 1 aromatic heterocycles. The molecule has 4 heteroatoms. The highest BCUT2D eigenvalue weighted by Gasteiger charge is 2.05. The molecule has 0 aliphatic carbocycles. The molecule has 0 aliphatic heterocycles. The largest absolute Gasteiger partial charge is 0.465 e. The molecular formula is C16H17NO3. The van der Waals surface area contributed by atoms with Gasteiger partial charge >= 0.3 is 5.97 Å². The van der Waals surface area contributed by atoms with E-state index in [2.05, 4.69) is 9.72 Å². The third-order valence-electron chi connectivity index (χ3n) is 3.19. The fourth-order valence-electron chi connectivity index (χ4n) is 2.00. The predicted molar refractivity (Wildman–Crippen MR) is 77.0 cm³/mol. The summed E-state index contributed by atoms with van der Waals surface area (Å²) in [6.45, 7) is 1.86. The van der Waals surface area contributed by atoms with E-state index >= 15 is 0 Å². The smallest absolute Gasteiger partial charge is 0.337 e. The van der Waals surface area contributed by atoms with Crippen molar-refractivity contribution in [1.29, 1.82) is 0 Å². The summed E-state index contributed by atoms with van der Waals surface area (Å²) in [5, 5.41) is 0. The Kier molecular flexibility index (Phi) is 4.35. The van der Waals surface area contributed by atoms with Gasteiger partial charge in [0.1, 0.15) is 0 Å². The fourth-order valence-corrected chi connectivity index (χ4v) is 2.00. The van der Waals surface area contributed by atoms with Gasteiger partial charge in [0, 0.05) is 11.3 Å². The fraction of sp³-hybridized carbons (Fsp3) is 0.250. The molecular weight excluding hydrogens is 254 g/mol. The van der Waals surface area contributed by atoms with Crippen LogP contribution in [0.4, 0.5) is 0 Å². The van der Waals surface area contributed by atoms with E-state index in [1.54, 1.807) is 12.1 Å². The highest BCUT2D eigenvalue weighted by molar-refractivity contribution is 5.89. The number of esters is 1. The predicted octanol–water partition coefficient (Wildman–Crippen LogP) is 2.26. The van der Waals surface area contributed by atoms with Gasteiger partial charge in [-0.3, -0.25) is 4.79 Å². The summed E-state index contributed by atoms with van der Waals surface area (Å²) in [4.78, 5) is 25.8. The maximum Gasteiger partial charge on any atom is 0.337 e. The minimum absolute atomic E-state index is 0.0313. The monoisotopic (exact) mass is 271 g/mol. The highest BCUT2D eigenvalue weighted by atomic mass is 16.5. The lowest BCUT2D eigenvalue weighted by molar-refractivity contribution is 0.0600. The van der Waals surface area contributed by atoms with Gasteiger partial charge in [-0.25, -0.2) is 4.79 Å². The van der Waals surface area contributed by atoms with E-state index in [0.717, 1.165) is 23.2 Å². The third kappa shape index (κ3) is 3.35. The topological polar surface area (TPSA) is 59.2 Å². The molecule has 0 aliphatic rings. The summed E-state index contributed by atoms with van der Waals surface area (Å²) in [5.74, 6) is -0.341. The first-order chi connectivity index (χ1) is 9.60. The molecule has 0 saturated heterocycles. The lowest BCUT2D eigenvalue weighted by Crippen LogP contribution is -2.13. The second-order valence-electron chi connectivity index (χ2n) is 4.68. The van der Waals surface area contributed by atoms with Crippen molar-refractivity contribution in [2.24, 2.45) is 0 Å². The van der Waals surface area contributed by atoms with E-state index in [9.17, 15) is 9.59 Å². The van der Waals surface area contributed by atoms with Gasteiger partial charge in [-0.1, -0.05) is 18.2 Å². The van der Waals surface area contributed by atoms with Gasteiger partial charge in [-0.15, -0.1) is 0 Å². The molecule has 0 fully saturated rings. The minimum atomic E-state index is -0.341. The normalized spacial score (nSPS) is 10.3. The molecule has 0 bridgehead atoms. The summed E-state index contributed by atoms with van der Waals surface area (Å²) >= 11 is 0. The molecule has 1 heterocycles. The third-order valence-corrected chi connectivity index (χ3v) is 3.19. The van der Waals surface area contributed by atoms with Gasteiger partial charge in [0.15, 0.2) is 0 Å². The molecule has 104 valence electrons. The van der Waals surface area contributed by atoms with Crippen LogP contribution >= 0.6 is 0 Å². The van der Waals surface area contributed by atoms with E-state index < -0.39 is 0 Å². The molecule has 1 N–H and O–H groups in total. The highest BCUT2D eigenvalue weighted by Crippen LogP contribution is 2.08. The van der Waals surface area contributed by atoms with Crippen LogP contribution in [0, 0.1) is 6.92 Å². The molecule has 20 heavy (non-hydrogen) atoms. The van der Waals surface area contributed by atoms with Crippen LogP contribution in [-0.4, -0.2) is 18.1 Å². The first kappa shape index (κ1) is 14.1. The number of pyridine rings is 1. The van der Waals surface area contributed by atoms with Gasteiger partial charge < -0.3 is 9.72 Å². The molecule has 0 spiro atoms. The van der Waals surface area contributed by atoms with Crippen LogP contribution in [0.2, 0.25) is 0 Å². The van der Waals surface area contributed by atoms with Gasteiger partial charge in [0.05, 0.1) is 12.7 Å². The van der Waals surface area contributed by atoms with Crippen LogP contribution in [0.1, 0.15) is 27.2 Å². The van der Waals surface area contributed by atoms with E-state index in [-0.39, 0.29) is 11.5 Å². The first-order valence-corrected chi connectivity index (χ1v) is 6.46. The molecule has 2 aromatic rings. The number of aromatic amines is 1. The summed E-state index contributed by atoms with van der Waals surface area (Å²) in [6, 6.07) is 11.0. The number of aromatic nitrogens is 1. The van der Waals surface area contributed by atoms with Crippen LogP contribution in [0.15, 0.2) is 41.2 Å². The number of hydrogen-bond donors (Lipinski definition) is 1. The number of carbonyl (C=O) groups is 1. The van der Waals surface area contributed by atoms with Crippen molar-refractivity contribution in [3.8, 4) is 0 Å². The lowest BCUT2D eigenvalue weighted by Gasteiger charge is -2.04. The Morgan fingerprint density at radius 3 is 2.40 bits per heavy atom. The number of methoxy groups -OCH3 is 1. The quantitative estimate of drug-likeness (QED) is 0.868. The number of H-pyrrole nitrogens is 1. The van der Waals surface area contributed by atoms with Crippen LogP contribution < -0.4 is 5.56 Å². The Labute approximate surface area is 117 Å². The molecule has 0 atom stereocenters. The van der Waals surface area contributed by atoms with Crippen molar-refractivity contribution < 1.29 is 9.53 Å². The summed E-state index contributed by atoms with van der Waals surface area (Å²) in [6.07, 6.45) is 1.43. The van der Waals surface area contributed by atoms with Crippen molar-refractivity contribution in [2.75, 3.05) is 7.11 Å². The van der Waals surface area contributed by atoms with Crippen molar-refractivity contribution in [3.63, 3.8) is 0 Å². The van der Waals surface area contributed by atoms with Crippen molar-refractivity contribution in [1.82, 2.24) is 4.98 Å². The molecule has 0 radical (unpaired) electrons. The maximum absolute atomic E-state index is 11.7. The van der Waals surface area contributed by atoms with Crippen LogP contribution in [0.5, 0.6) is 0 Å². The van der Waals surface area contributed by atoms with E-state index in [0.29, 0.717) is 12.0 Å². The average Bonchev–Trinajstić information content (AvgIpc) is 2.46. The number of carbonyl (C=O) groups excluding carboxylic acids is 1. The summed E-state index contributed by atoms with van der Waals surface area (Å²) < 4.78 is 4.65. The lowest BCUT2D eigenvalue weighted by atomic mass is 10.0. The van der Waals surface area contributed by atoms with Crippen molar-refractivity contribution >= 4 is 5.97 Å². The van der Waals surface area contributed by atoms with Crippen molar-refractivity contribution in [2.45, 2.75) is 19.8 Å². The number of nitrogens with one attached hydrogen (secondary N) is 1. The van der Waals surface area contributed by atoms with E-state index in [1.807, 2.05) is 31.2 Å². The standard InChI is InChI=1S/C16H17NO3/c1-11-3-7-13(15(18)17-11)8-4-12-5-9-14(10-6-12)16(19)20-2/h3,5-7,9-10H,4,8H2,1-2H3,(H,17,18). The number of benzene rings is 1. The molecule has 4 nitrogen and oxygen atoms in total. The second-order valence-corrected chi connectivity index (χ2v) is 4.68. The zero-order valence-electron chi connectivity index (χ0n) is 11.6. The molecule has 0 amide bonds. The average molecular weight is 271 g/mol. The molecule has 0 unspecified atom stereocenters. The minimum Gasteiger partial charge on any atom is -0.465 e. The van der Waals surface area contributed by atoms with E-state index in [4.69, 9.17) is 0 Å². The number of aryl methyl sites for hydroxylation is 3. The van der Waals surface area contributed by atoms with Crippen molar-refractivity contribution in [3.05, 3.63) is 69.1 Å². The zero-order valence-corrected chi connectivity index (χ0v) is 11.6. The SMILES string of the molecule is COC(=O)c1ccc(CCc2ccc(C)[nH]c2=O)cc1. The van der Waals surface area contributed by atoms with Crippen LogP contribution in [0.25, 0.3) is 0 Å². The second kappa shape index (κ2) is 6.19. The summed E-state index contributed by atoms with van der Waals surface area (Å²) in [5.41, 5.74) is 3.21. The number of rotatable bonds is 4. The Morgan fingerprint density at radius 2 is 1.80 bits per heavy atom. The molecule has 0 saturated carbocycles. The van der Waals surface area contributed by atoms with Gasteiger partial charge in [-0.2, -0.15) is 0 Å². The molecule has 2 rings (SSSR count). The Balaban J connectivity index is 2.04. The Morgan fingerprint density at radius 1 is 1.10 bits per heavy atom. The molecule has 1 aromatic carbocycles. The first-order valence-electron chi connectivity index (χ1n) is 6.46. The maximum atomic E-state index is 11.7. The number of hydrogen-bond acceptors (Lipinski definition) is 3. The van der Waals surface area contributed by atoms with Gasteiger partial charge in [0.2, 0.25) is 0 Å². The van der Waals surface area contributed by atoms with Gasteiger partial charge in [-0.05, 0) is 43.5 Å². The van der Waals surface area contributed by atoms with Crippen LogP contribution in [-0.2, 0) is 17.6 Å². The summed E-state index contributed by atoms with van der Waals surface area (Å²) in [7, 11) is 1.36. The zero-order chi connectivity index (χ0) is 14.5. The van der Waals surface area contributed by atoms with Crippen LogP contribution in [0.3, 0.4) is 0 Å². The van der Waals surface area contributed by atoms with Gasteiger partial charge in [0.25, 0.3) is 5.56 Å². The Bertz CT molecular complexity index is 656. The number of ether oxygens (including phenoxy) is 1. The van der Waals surface area contributed by atoms with E-state index in [1.165, 1.54) is 7.11 Å².